The van der Waals surface area contributed by atoms with E-state index in [0.717, 1.165) is 0 Å². The number of aromatic amines is 1. The van der Waals surface area contributed by atoms with Crippen LogP contribution in [-0.2, 0) is 4.79 Å². The van der Waals surface area contributed by atoms with Gasteiger partial charge in [0.15, 0.2) is 0 Å². The maximum atomic E-state index is 10.8. The maximum absolute atomic E-state index is 10.8. The number of amides is 1. The second-order valence-electron chi connectivity index (χ2n) is 2.04. The molecule has 5 nitrogen and oxygen atoms in total. The first kappa shape index (κ1) is 7.33. The molecule has 0 aliphatic heterocycles. The molecule has 0 aliphatic rings. The molecule has 5 N–H and O–H groups in total. The summed E-state index contributed by atoms with van der Waals surface area (Å²) in [4.78, 5) is 23.6. The van der Waals surface area contributed by atoms with Crippen molar-refractivity contribution < 1.29 is 9.59 Å². The zero-order chi connectivity index (χ0) is 8.43. The van der Waals surface area contributed by atoms with Crippen molar-refractivity contribution in [3.8, 4) is 0 Å². The van der Waals surface area contributed by atoms with E-state index in [4.69, 9.17) is 11.5 Å². The third-order valence-electron chi connectivity index (χ3n) is 1.17. The van der Waals surface area contributed by atoms with Gasteiger partial charge in [0, 0.05) is 11.9 Å². The number of nitrogen functional groups attached to an aromatic ring is 1. The van der Waals surface area contributed by atoms with Gasteiger partial charge in [0.05, 0.1) is 5.69 Å². The Morgan fingerprint density at radius 2 is 2.09 bits per heavy atom. The Morgan fingerprint density at radius 1 is 1.45 bits per heavy atom. The van der Waals surface area contributed by atoms with E-state index >= 15 is 0 Å². The lowest BCUT2D eigenvalue weighted by Crippen LogP contribution is -2.23. The molecule has 0 spiro atoms. The largest absolute Gasteiger partial charge is 0.397 e. The first-order valence-electron chi connectivity index (χ1n) is 2.89. The van der Waals surface area contributed by atoms with Crippen molar-refractivity contribution in [3.63, 3.8) is 0 Å². The van der Waals surface area contributed by atoms with E-state index in [1.165, 1.54) is 12.3 Å². The summed E-state index contributed by atoms with van der Waals surface area (Å²) in [5.74, 6) is -1.76. The predicted molar refractivity (Wildman–Crippen MR) is 38.7 cm³/mol. The fraction of sp³-hybridized carbons (Fsp3) is 0. The molecule has 58 valence electrons. The molecule has 0 aromatic carbocycles. The molecule has 1 aromatic heterocycles. The molecule has 0 radical (unpaired) electrons. The second-order valence-corrected chi connectivity index (χ2v) is 2.04. The Morgan fingerprint density at radius 3 is 2.45 bits per heavy atom. The van der Waals surface area contributed by atoms with E-state index in [0.29, 0.717) is 5.69 Å². The quantitative estimate of drug-likeness (QED) is 0.385. The van der Waals surface area contributed by atoms with Gasteiger partial charge in [0.2, 0.25) is 0 Å². The van der Waals surface area contributed by atoms with E-state index in [1.807, 2.05) is 0 Å². The monoisotopic (exact) mass is 153 g/mol. The van der Waals surface area contributed by atoms with Crippen LogP contribution in [0, 0.1) is 0 Å². The molecule has 0 bridgehead atoms. The Kier molecular flexibility index (Phi) is 1.63. The third kappa shape index (κ3) is 1.37. The summed E-state index contributed by atoms with van der Waals surface area (Å²) in [6, 6.07) is 1.35. The zero-order valence-corrected chi connectivity index (χ0v) is 5.63. The van der Waals surface area contributed by atoms with Crippen molar-refractivity contribution in [1.29, 1.82) is 0 Å². The number of carbonyl (C=O) groups excluding carboxylic acids is 2. The summed E-state index contributed by atoms with van der Waals surface area (Å²) in [5.41, 5.74) is 10.5. The number of hydrogen-bond acceptors (Lipinski definition) is 3. The van der Waals surface area contributed by atoms with Crippen molar-refractivity contribution in [3.05, 3.63) is 18.0 Å². The van der Waals surface area contributed by atoms with E-state index in [-0.39, 0.29) is 5.69 Å². The highest BCUT2D eigenvalue weighted by Gasteiger charge is 2.12. The van der Waals surface area contributed by atoms with Crippen LogP contribution >= 0.6 is 0 Å². The Bertz CT molecular complexity index is 303. The second kappa shape index (κ2) is 2.45. The lowest BCUT2D eigenvalue weighted by Gasteiger charge is -1.87. The van der Waals surface area contributed by atoms with Crippen LogP contribution in [0.4, 0.5) is 5.69 Å². The van der Waals surface area contributed by atoms with Gasteiger partial charge in [0.1, 0.15) is 0 Å². The number of primary amides is 1. The average Bonchev–Trinajstić information content (AvgIpc) is 2.34. The van der Waals surface area contributed by atoms with Gasteiger partial charge in [0.25, 0.3) is 11.7 Å². The lowest BCUT2D eigenvalue weighted by atomic mass is 10.3. The smallest absolute Gasteiger partial charge is 0.291 e. The summed E-state index contributed by atoms with van der Waals surface area (Å²) in [7, 11) is 0. The van der Waals surface area contributed by atoms with Crippen LogP contribution in [0.15, 0.2) is 12.3 Å². The van der Waals surface area contributed by atoms with Crippen LogP contribution in [0.3, 0.4) is 0 Å². The van der Waals surface area contributed by atoms with Crippen LogP contribution in [0.5, 0.6) is 0 Å². The first-order chi connectivity index (χ1) is 5.11. The lowest BCUT2D eigenvalue weighted by molar-refractivity contribution is -0.114. The number of anilines is 1. The highest BCUT2D eigenvalue weighted by Crippen LogP contribution is 2.04. The predicted octanol–water partition coefficient (Wildman–Crippen LogP) is -0.735. The van der Waals surface area contributed by atoms with Crippen LogP contribution in [0.2, 0.25) is 0 Å². The molecular weight excluding hydrogens is 146 g/mol. The van der Waals surface area contributed by atoms with E-state index in [1.54, 1.807) is 0 Å². The van der Waals surface area contributed by atoms with Crippen LogP contribution in [0.25, 0.3) is 0 Å². The number of hydrogen-bond donors (Lipinski definition) is 3. The van der Waals surface area contributed by atoms with Crippen molar-refractivity contribution in [1.82, 2.24) is 4.98 Å². The number of Topliss-reactive ketones (excluding diaryl/α,β-unsaturated/α-hetero) is 1. The Balaban J connectivity index is 2.94. The van der Waals surface area contributed by atoms with E-state index in [9.17, 15) is 9.59 Å². The topological polar surface area (TPSA) is 102 Å². The summed E-state index contributed by atoms with van der Waals surface area (Å²) in [6.45, 7) is 0. The van der Waals surface area contributed by atoms with Gasteiger partial charge < -0.3 is 16.5 Å². The van der Waals surface area contributed by atoms with Crippen LogP contribution in [0.1, 0.15) is 10.5 Å². The molecule has 11 heavy (non-hydrogen) atoms. The minimum Gasteiger partial charge on any atom is -0.397 e. The molecule has 0 atom stereocenters. The Labute approximate surface area is 62.4 Å². The highest BCUT2D eigenvalue weighted by molar-refractivity contribution is 6.41. The number of carbonyl (C=O) groups is 2. The van der Waals surface area contributed by atoms with Crippen molar-refractivity contribution in [2.24, 2.45) is 5.73 Å². The number of H-pyrrole nitrogens is 1. The summed E-state index contributed by atoms with van der Waals surface area (Å²) in [5, 5.41) is 0. The molecule has 1 rings (SSSR count). The van der Waals surface area contributed by atoms with Gasteiger partial charge in [-0.15, -0.1) is 0 Å². The van der Waals surface area contributed by atoms with E-state index < -0.39 is 11.7 Å². The summed E-state index contributed by atoms with van der Waals surface area (Å²) in [6.07, 6.45) is 1.41. The molecule has 1 amide bonds. The molecule has 0 fully saturated rings. The van der Waals surface area contributed by atoms with Gasteiger partial charge in [-0.25, -0.2) is 0 Å². The van der Waals surface area contributed by atoms with Gasteiger partial charge in [-0.05, 0) is 6.07 Å². The number of ketones is 1. The summed E-state index contributed by atoms with van der Waals surface area (Å²) >= 11 is 0. The van der Waals surface area contributed by atoms with Crippen molar-refractivity contribution in [2.75, 3.05) is 5.73 Å². The standard InChI is InChI=1S/C6H7N3O2/c7-3-1-4(9-2-3)5(10)6(8)11/h1-2,9H,7H2,(H2,8,11). The molecular formula is C6H7N3O2. The van der Waals surface area contributed by atoms with Crippen LogP contribution < -0.4 is 11.5 Å². The first-order valence-corrected chi connectivity index (χ1v) is 2.89. The SMILES string of the molecule is NC(=O)C(=O)c1cc(N)c[nH]1. The fourth-order valence-corrected chi connectivity index (χ4v) is 0.675. The molecule has 1 heterocycles. The number of rotatable bonds is 2. The fourth-order valence-electron chi connectivity index (χ4n) is 0.675. The number of nitrogens with two attached hydrogens (primary N) is 2. The van der Waals surface area contributed by atoms with Gasteiger partial charge in [-0.1, -0.05) is 0 Å². The Hall–Kier alpha value is -1.78. The van der Waals surface area contributed by atoms with Gasteiger partial charge in [-0.2, -0.15) is 0 Å². The zero-order valence-electron chi connectivity index (χ0n) is 5.63. The van der Waals surface area contributed by atoms with Gasteiger partial charge >= 0.3 is 0 Å². The minimum atomic E-state index is -0.994. The molecule has 0 saturated carbocycles. The normalized spacial score (nSPS) is 9.45. The van der Waals surface area contributed by atoms with E-state index in [2.05, 4.69) is 4.98 Å². The highest BCUT2D eigenvalue weighted by atomic mass is 16.2. The molecule has 1 aromatic rings. The molecule has 0 saturated heterocycles. The minimum absolute atomic E-state index is 0.120. The molecule has 5 heteroatoms. The van der Waals surface area contributed by atoms with Gasteiger partial charge in [-0.3, -0.25) is 9.59 Å². The maximum Gasteiger partial charge on any atom is 0.291 e. The van der Waals surface area contributed by atoms with Crippen molar-refractivity contribution >= 4 is 17.4 Å². The summed E-state index contributed by atoms with van der Waals surface area (Å²) < 4.78 is 0. The molecule has 0 unspecified atom stereocenters. The number of nitrogens with one attached hydrogen (secondary N) is 1. The number of aromatic nitrogens is 1. The molecule has 0 aliphatic carbocycles. The third-order valence-corrected chi connectivity index (χ3v) is 1.17. The van der Waals surface area contributed by atoms with Crippen LogP contribution in [-0.4, -0.2) is 16.7 Å². The van der Waals surface area contributed by atoms with Crippen molar-refractivity contribution in [2.45, 2.75) is 0 Å². The average molecular weight is 153 g/mol.